The molecule has 0 saturated heterocycles. The van der Waals surface area contributed by atoms with Crippen LogP contribution in [0.3, 0.4) is 0 Å². The molecule has 0 rings (SSSR count). The van der Waals surface area contributed by atoms with Crippen molar-refractivity contribution in [1.82, 2.24) is 5.43 Å². The third-order valence-corrected chi connectivity index (χ3v) is 1.57. The van der Waals surface area contributed by atoms with Crippen LogP contribution in [0.25, 0.3) is 0 Å². The van der Waals surface area contributed by atoms with E-state index in [9.17, 15) is 0 Å². The third kappa shape index (κ3) is 2.51. The summed E-state index contributed by atoms with van der Waals surface area (Å²) in [5, 5.41) is 0. The molecule has 0 aromatic carbocycles. The Morgan fingerprint density at radius 3 is 2.00 bits per heavy atom. The Labute approximate surface area is 57.1 Å². The smallest absolute Gasteiger partial charge is 0.0245 e. The van der Waals surface area contributed by atoms with E-state index in [2.05, 4.69) is 26.2 Å². The maximum absolute atomic E-state index is 5.25. The van der Waals surface area contributed by atoms with Crippen LogP contribution in [-0.4, -0.2) is 0 Å². The van der Waals surface area contributed by atoms with Crippen molar-refractivity contribution in [3.63, 3.8) is 0 Å². The van der Waals surface area contributed by atoms with Crippen molar-refractivity contribution in [3.05, 3.63) is 11.3 Å². The van der Waals surface area contributed by atoms with Gasteiger partial charge in [0.25, 0.3) is 0 Å². The summed E-state index contributed by atoms with van der Waals surface area (Å²) in [4.78, 5) is 0. The predicted octanol–water partition coefficient (Wildman–Crippen LogP) is 1.54. The maximum atomic E-state index is 5.25. The summed E-state index contributed by atoms with van der Waals surface area (Å²) in [5.41, 5.74) is 5.19. The van der Waals surface area contributed by atoms with Crippen LogP contribution in [0.2, 0.25) is 0 Å². The summed E-state index contributed by atoms with van der Waals surface area (Å²) in [5.74, 6) is 5.25. The SMILES string of the molecule is CCC(C)=C(CC)NN. The molecule has 0 spiro atoms. The Morgan fingerprint density at radius 1 is 1.33 bits per heavy atom. The molecule has 0 aliphatic heterocycles. The zero-order chi connectivity index (χ0) is 7.28. The van der Waals surface area contributed by atoms with Gasteiger partial charge in [-0.3, -0.25) is 5.84 Å². The van der Waals surface area contributed by atoms with E-state index in [1.165, 1.54) is 5.57 Å². The highest BCUT2D eigenvalue weighted by atomic mass is 15.2. The van der Waals surface area contributed by atoms with Crippen LogP contribution in [0.1, 0.15) is 33.6 Å². The average molecular weight is 128 g/mol. The summed E-state index contributed by atoms with van der Waals surface area (Å²) in [6.45, 7) is 6.31. The zero-order valence-electron chi connectivity index (χ0n) is 6.49. The summed E-state index contributed by atoms with van der Waals surface area (Å²) in [6, 6.07) is 0. The molecule has 0 amide bonds. The minimum absolute atomic E-state index is 0.996. The number of hydrazine groups is 1. The number of hydrogen-bond donors (Lipinski definition) is 2. The van der Waals surface area contributed by atoms with Crippen molar-refractivity contribution in [3.8, 4) is 0 Å². The van der Waals surface area contributed by atoms with Crippen molar-refractivity contribution in [2.45, 2.75) is 33.6 Å². The molecule has 54 valence electrons. The molecule has 0 radical (unpaired) electrons. The second kappa shape index (κ2) is 4.39. The Kier molecular flexibility index (Phi) is 4.14. The Bertz CT molecular complexity index is 99.5. The van der Waals surface area contributed by atoms with Gasteiger partial charge in [0.2, 0.25) is 0 Å². The van der Waals surface area contributed by atoms with Crippen LogP contribution in [0.5, 0.6) is 0 Å². The normalized spacial score (nSPS) is 12.9. The van der Waals surface area contributed by atoms with E-state index >= 15 is 0 Å². The molecule has 9 heavy (non-hydrogen) atoms. The summed E-state index contributed by atoms with van der Waals surface area (Å²) < 4.78 is 0. The molecule has 3 N–H and O–H groups in total. The molecular formula is C7H16N2. The molecule has 0 aromatic heterocycles. The molecule has 0 unspecified atom stereocenters. The van der Waals surface area contributed by atoms with Gasteiger partial charge in [-0.15, -0.1) is 0 Å². The number of rotatable bonds is 3. The summed E-state index contributed by atoms with van der Waals surface area (Å²) in [6.07, 6.45) is 2.07. The lowest BCUT2D eigenvalue weighted by Gasteiger charge is -2.06. The molecule has 2 nitrogen and oxygen atoms in total. The molecule has 2 heteroatoms. The molecular weight excluding hydrogens is 112 g/mol. The second-order valence-electron chi connectivity index (χ2n) is 2.11. The highest BCUT2D eigenvalue weighted by molar-refractivity contribution is 5.07. The third-order valence-electron chi connectivity index (χ3n) is 1.57. The summed E-state index contributed by atoms with van der Waals surface area (Å²) in [7, 11) is 0. The molecule has 0 aliphatic carbocycles. The first-order valence-electron chi connectivity index (χ1n) is 3.41. The van der Waals surface area contributed by atoms with Gasteiger partial charge in [-0.05, 0) is 19.8 Å². The van der Waals surface area contributed by atoms with Crippen molar-refractivity contribution in [2.24, 2.45) is 5.84 Å². The molecule has 0 aromatic rings. The van der Waals surface area contributed by atoms with Gasteiger partial charge in [0, 0.05) is 5.70 Å². The first kappa shape index (κ1) is 8.50. The monoisotopic (exact) mass is 128 g/mol. The van der Waals surface area contributed by atoms with Crippen LogP contribution in [-0.2, 0) is 0 Å². The first-order chi connectivity index (χ1) is 4.26. The predicted molar refractivity (Wildman–Crippen MR) is 40.6 cm³/mol. The van der Waals surface area contributed by atoms with Gasteiger partial charge in [-0.2, -0.15) is 0 Å². The van der Waals surface area contributed by atoms with E-state index in [1.807, 2.05) is 0 Å². The minimum Gasteiger partial charge on any atom is -0.328 e. The van der Waals surface area contributed by atoms with E-state index in [4.69, 9.17) is 5.84 Å². The number of allylic oxidation sites excluding steroid dienone is 2. The number of hydrogen-bond acceptors (Lipinski definition) is 2. The fraction of sp³-hybridized carbons (Fsp3) is 0.714. The fourth-order valence-electron chi connectivity index (χ4n) is 0.740. The molecule has 0 bridgehead atoms. The zero-order valence-corrected chi connectivity index (χ0v) is 6.49. The Morgan fingerprint density at radius 2 is 1.89 bits per heavy atom. The highest BCUT2D eigenvalue weighted by Gasteiger charge is 1.93. The molecule has 0 fully saturated rings. The minimum atomic E-state index is 0.996. The standard InChI is InChI=1S/C7H16N2/c1-4-6(3)7(5-2)9-8/h9H,4-5,8H2,1-3H3. The second-order valence-corrected chi connectivity index (χ2v) is 2.11. The number of nitrogens with two attached hydrogens (primary N) is 1. The van der Waals surface area contributed by atoms with E-state index < -0.39 is 0 Å². The Balaban J connectivity index is 4.01. The lowest BCUT2D eigenvalue weighted by Crippen LogP contribution is -2.21. The van der Waals surface area contributed by atoms with Crippen LogP contribution in [0.15, 0.2) is 11.3 Å². The number of nitrogens with one attached hydrogen (secondary N) is 1. The quantitative estimate of drug-likeness (QED) is 0.447. The van der Waals surface area contributed by atoms with E-state index in [1.54, 1.807) is 0 Å². The lowest BCUT2D eigenvalue weighted by molar-refractivity contribution is 0.794. The van der Waals surface area contributed by atoms with Gasteiger partial charge < -0.3 is 5.43 Å². The molecule has 0 saturated carbocycles. The van der Waals surface area contributed by atoms with Crippen LogP contribution < -0.4 is 11.3 Å². The van der Waals surface area contributed by atoms with Gasteiger partial charge in [-0.1, -0.05) is 19.4 Å². The average Bonchev–Trinajstić information content (AvgIpc) is 1.90. The first-order valence-corrected chi connectivity index (χ1v) is 3.41. The maximum Gasteiger partial charge on any atom is 0.0245 e. The van der Waals surface area contributed by atoms with Crippen LogP contribution in [0, 0.1) is 0 Å². The molecule has 0 heterocycles. The van der Waals surface area contributed by atoms with Gasteiger partial charge in [0.1, 0.15) is 0 Å². The van der Waals surface area contributed by atoms with Gasteiger partial charge in [-0.25, -0.2) is 0 Å². The van der Waals surface area contributed by atoms with Crippen molar-refractivity contribution in [1.29, 1.82) is 0 Å². The topological polar surface area (TPSA) is 38.0 Å². The van der Waals surface area contributed by atoms with Gasteiger partial charge in [0.05, 0.1) is 0 Å². The van der Waals surface area contributed by atoms with Gasteiger partial charge >= 0.3 is 0 Å². The lowest BCUT2D eigenvalue weighted by atomic mass is 10.1. The van der Waals surface area contributed by atoms with E-state index in [-0.39, 0.29) is 0 Å². The van der Waals surface area contributed by atoms with Crippen molar-refractivity contribution < 1.29 is 0 Å². The largest absolute Gasteiger partial charge is 0.328 e. The fourth-order valence-corrected chi connectivity index (χ4v) is 0.740. The van der Waals surface area contributed by atoms with Crippen molar-refractivity contribution in [2.75, 3.05) is 0 Å². The van der Waals surface area contributed by atoms with E-state index in [0.717, 1.165) is 18.5 Å². The van der Waals surface area contributed by atoms with Crippen molar-refractivity contribution >= 4 is 0 Å². The van der Waals surface area contributed by atoms with E-state index in [0.29, 0.717) is 0 Å². The van der Waals surface area contributed by atoms with Gasteiger partial charge in [0.15, 0.2) is 0 Å². The van der Waals surface area contributed by atoms with Crippen LogP contribution in [0.4, 0.5) is 0 Å². The van der Waals surface area contributed by atoms with Crippen LogP contribution >= 0.6 is 0 Å². The highest BCUT2D eigenvalue weighted by Crippen LogP contribution is 2.06. The summed E-state index contributed by atoms with van der Waals surface area (Å²) >= 11 is 0. The molecule has 0 atom stereocenters. The Hall–Kier alpha value is -0.500. The molecule has 0 aliphatic rings.